The van der Waals surface area contributed by atoms with Crippen LogP contribution in [0.3, 0.4) is 0 Å². The number of hydrogen-bond acceptors (Lipinski definition) is 5. The number of aryl methyl sites for hydroxylation is 1. The van der Waals surface area contributed by atoms with Crippen LogP contribution < -0.4 is 5.43 Å². The van der Waals surface area contributed by atoms with Crippen molar-refractivity contribution < 1.29 is 0 Å². The number of H-pyrrole nitrogens is 1. The van der Waals surface area contributed by atoms with Crippen molar-refractivity contribution >= 4 is 34.1 Å². The molecule has 6 heteroatoms. The number of fused-ring (bicyclic) bond motifs is 2. The van der Waals surface area contributed by atoms with Crippen molar-refractivity contribution in [2.45, 2.75) is 6.92 Å². The molecule has 0 radical (unpaired) electrons. The van der Waals surface area contributed by atoms with Gasteiger partial charge in [-0.25, -0.2) is 20.4 Å². The number of rotatable bonds is 4. The van der Waals surface area contributed by atoms with E-state index in [-0.39, 0.29) is 0 Å². The number of imidazole rings is 1. The highest BCUT2D eigenvalue weighted by molar-refractivity contribution is 5.93. The Morgan fingerprint density at radius 1 is 0.862 bits per heavy atom. The first-order valence-electron chi connectivity index (χ1n) is 9.34. The first-order chi connectivity index (χ1) is 14.3. The predicted octanol–water partition coefficient (Wildman–Crippen LogP) is 4.93. The van der Waals surface area contributed by atoms with Crippen molar-refractivity contribution in [2.24, 2.45) is 5.10 Å². The molecule has 0 aliphatic heterocycles. The van der Waals surface area contributed by atoms with Crippen molar-refractivity contribution in [2.75, 3.05) is 5.43 Å². The van der Waals surface area contributed by atoms with Gasteiger partial charge in [0.05, 0.1) is 28.5 Å². The van der Waals surface area contributed by atoms with Crippen LogP contribution in [0.4, 0.5) is 5.95 Å². The van der Waals surface area contributed by atoms with Crippen molar-refractivity contribution in [1.29, 1.82) is 0 Å². The van der Waals surface area contributed by atoms with Gasteiger partial charge in [-0.2, -0.15) is 5.10 Å². The van der Waals surface area contributed by atoms with Crippen LogP contribution in [0.25, 0.3) is 33.2 Å². The van der Waals surface area contributed by atoms with E-state index in [1.807, 2.05) is 54.6 Å². The second kappa shape index (κ2) is 7.16. The summed E-state index contributed by atoms with van der Waals surface area (Å²) < 4.78 is 0. The van der Waals surface area contributed by atoms with Crippen LogP contribution in [0.15, 0.2) is 77.9 Å². The number of hydrazone groups is 1. The van der Waals surface area contributed by atoms with Gasteiger partial charge in [-0.15, -0.1) is 0 Å². The molecule has 0 spiro atoms. The average Bonchev–Trinajstić information content (AvgIpc) is 3.16. The lowest BCUT2D eigenvalue weighted by Gasteiger charge is -2.09. The number of aromatic nitrogens is 4. The second-order valence-corrected chi connectivity index (χ2v) is 6.79. The first-order valence-corrected chi connectivity index (χ1v) is 9.34. The topological polar surface area (TPSA) is 78.9 Å². The zero-order chi connectivity index (χ0) is 19.6. The molecule has 140 valence electrons. The summed E-state index contributed by atoms with van der Waals surface area (Å²) in [6.45, 7) is 2.05. The standard InChI is InChI=1S/C23H18N6/c1-15-11-12-17-20(13-15)27-23(28-22(17)16-7-3-2-4-8-16)29-24-14-21-25-18-9-5-6-10-19(18)26-21/h2-14H,1H3,(H,25,26)(H,27,28,29). The molecule has 6 nitrogen and oxygen atoms in total. The van der Waals surface area contributed by atoms with E-state index < -0.39 is 0 Å². The van der Waals surface area contributed by atoms with Crippen molar-refractivity contribution in [3.8, 4) is 11.3 Å². The Hall–Kier alpha value is -4.06. The van der Waals surface area contributed by atoms with Crippen molar-refractivity contribution in [1.82, 2.24) is 19.9 Å². The van der Waals surface area contributed by atoms with Gasteiger partial charge in [0.25, 0.3) is 0 Å². The first kappa shape index (κ1) is 17.1. The smallest absolute Gasteiger partial charge is 0.244 e. The zero-order valence-corrected chi connectivity index (χ0v) is 15.8. The third-order valence-electron chi connectivity index (χ3n) is 4.66. The lowest BCUT2D eigenvalue weighted by Crippen LogP contribution is -2.00. The molecule has 3 aromatic carbocycles. The Kier molecular flexibility index (Phi) is 4.22. The molecule has 0 unspecified atom stereocenters. The number of benzene rings is 3. The van der Waals surface area contributed by atoms with E-state index in [2.05, 4.69) is 50.6 Å². The molecule has 0 aliphatic rings. The van der Waals surface area contributed by atoms with Crippen molar-refractivity contribution in [3.05, 3.63) is 84.2 Å². The molecule has 5 aromatic rings. The Morgan fingerprint density at radius 2 is 1.69 bits per heavy atom. The summed E-state index contributed by atoms with van der Waals surface area (Å²) in [5.74, 6) is 1.10. The van der Waals surface area contributed by atoms with Crippen LogP contribution in [0, 0.1) is 6.92 Å². The lowest BCUT2D eigenvalue weighted by molar-refractivity contribution is 1.15. The minimum atomic E-state index is 0.439. The monoisotopic (exact) mass is 378 g/mol. The minimum Gasteiger partial charge on any atom is -0.337 e. The molecule has 29 heavy (non-hydrogen) atoms. The number of nitrogens with one attached hydrogen (secondary N) is 2. The maximum atomic E-state index is 4.71. The van der Waals surface area contributed by atoms with Crippen LogP contribution in [0.5, 0.6) is 0 Å². The number of aromatic amines is 1. The van der Waals surface area contributed by atoms with Crippen molar-refractivity contribution in [3.63, 3.8) is 0 Å². The Bertz CT molecular complexity index is 1300. The van der Waals surface area contributed by atoms with Gasteiger partial charge in [0.2, 0.25) is 5.95 Å². The van der Waals surface area contributed by atoms with Gasteiger partial charge < -0.3 is 4.98 Å². The largest absolute Gasteiger partial charge is 0.337 e. The Balaban J connectivity index is 1.51. The van der Waals surface area contributed by atoms with E-state index >= 15 is 0 Å². The van der Waals surface area contributed by atoms with E-state index in [4.69, 9.17) is 4.98 Å². The van der Waals surface area contributed by atoms with Gasteiger partial charge in [-0.05, 0) is 30.7 Å². The second-order valence-electron chi connectivity index (χ2n) is 6.79. The van der Waals surface area contributed by atoms with Gasteiger partial charge in [-0.1, -0.05) is 54.6 Å². The summed E-state index contributed by atoms with van der Waals surface area (Å²) in [6.07, 6.45) is 1.63. The minimum absolute atomic E-state index is 0.439. The molecule has 0 saturated carbocycles. The maximum Gasteiger partial charge on any atom is 0.244 e. The number of anilines is 1. The summed E-state index contributed by atoms with van der Waals surface area (Å²) >= 11 is 0. The third kappa shape index (κ3) is 3.43. The Morgan fingerprint density at radius 3 is 2.55 bits per heavy atom. The van der Waals surface area contributed by atoms with Gasteiger partial charge in [0, 0.05) is 10.9 Å². The van der Waals surface area contributed by atoms with E-state index in [1.165, 1.54) is 0 Å². The molecular formula is C23H18N6. The summed E-state index contributed by atoms with van der Waals surface area (Å²) in [6, 6.07) is 24.1. The Labute approximate surface area is 167 Å². The summed E-state index contributed by atoms with van der Waals surface area (Å²) in [4.78, 5) is 17.0. The summed E-state index contributed by atoms with van der Waals surface area (Å²) in [5.41, 5.74) is 8.75. The fourth-order valence-electron chi connectivity index (χ4n) is 3.29. The molecule has 5 rings (SSSR count). The van der Waals surface area contributed by atoms with E-state index in [9.17, 15) is 0 Å². The highest BCUT2D eigenvalue weighted by Crippen LogP contribution is 2.27. The molecule has 0 atom stereocenters. The normalized spacial score (nSPS) is 11.5. The number of nitrogens with zero attached hydrogens (tertiary/aromatic N) is 4. The predicted molar refractivity (Wildman–Crippen MR) is 117 cm³/mol. The number of para-hydroxylation sites is 2. The average molecular weight is 378 g/mol. The molecule has 2 aromatic heterocycles. The highest BCUT2D eigenvalue weighted by atomic mass is 15.3. The maximum absolute atomic E-state index is 4.71. The fourth-order valence-corrected chi connectivity index (χ4v) is 3.29. The highest BCUT2D eigenvalue weighted by Gasteiger charge is 2.10. The van der Waals surface area contributed by atoms with E-state index in [0.29, 0.717) is 11.8 Å². The molecule has 0 aliphatic carbocycles. The van der Waals surface area contributed by atoms with E-state index in [1.54, 1.807) is 6.21 Å². The fraction of sp³-hybridized carbons (Fsp3) is 0.0435. The van der Waals surface area contributed by atoms with Crippen LogP contribution in [0.1, 0.15) is 11.4 Å². The molecule has 0 amide bonds. The number of hydrogen-bond donors (Lipinski definition) is 2. The quantitative estimate of drug-likeness (QED) is 0.343. The zero-order valence-electron chi connectivity index (χ0n) is 15.8. The van der Waals surface area contributed by atoms with Crippen LogP contribution in [0.2, 0.25) is 0 Å². The third-order valence-corrected chi connectivity index (χ3v) is 4.66. The van der Waals surface area contributed by atoms with Gasteiger partial charge in [-0.3, -0.25) is 0 Å². The van der Waals surface area contributed by atoms with Crippen LogP contribution in [-0.4, -0.2) is 26.2 Å². The molecule has 0 bridgehead atoms. The van der Waals surface area contributed by atoms with Gasteiger partial charge in [0.1, 0.15) is 0 Å². The lowest BCUT2D eigenvalue weighted by atomic mass is 10.1. The molecular weight excluding hydrogens is 360 g/mol. The van der Waals surface area contributed by atoms with Gasteiger partial charge >= 0.3 is 0 Å². The SMILES string of the molecule is Cc1ccc2c(-c3ccccc3)nc(NN=Cc3nc4ccccc4[nH]3)nc2c1. The van der Waals surface area contributed by atoms with Crippen LogP contribution in [-0.2, 0) is 0 Å². The molecule has 2 N–H and O–H groups in total. The molecule has 0 saturated heterocycles. The summed E-state index contributed by atoms with van der Waals surface area (Å²) in [5, 5.41) is 5.29. The van der Waals surface area contributed by atoms with E-state index in [0.717, 1.165) is 38.8 Å². The summed E-state index contributed by atoms with van der Waals surface area (Å²) in [7, 11) is 0. The molecule has 0 fully saturated rings. The van der Waals surface area contributed by atoms with Crippen LogP contribution >= 0.6 is 0 Å². The van der Waals surface area contributed by atoms with Gasteiger partial charge in [0.15, 0.2) is 5.82 Å². The molecule has 2 heterocycles.